The summed E-state index contributed by atoms with van der Waals surface area (Å²) in [5, 5.41) is 0. The lowest BCUT2D eigenvalue weighted by atomic mass is 10.1. The number of halogens is 1. The summed E-state index contributed by atoms with van der Waals surface area (Å²) in [6.07, 6.45) is -4.60. The smallest absolute Gasteiger partial charge is 0.463 e. The van der Waals surface area contributed by atoms with Gasteiger partial charge in [0, 0.05) is 27.0 Å². The number of nitrogens with zero attached hydrogens (tertiary/aromatic N) is 2. The third-order valence-corrected chi connectivity index (χ3v) is 4.80. The van der Waals surface area contributed by atoms with Gasteiger partial charge in [0.15, 0.2) is 18.4 Å². The van der Waals surface area contributed by atoms with E-state index in [9.17, 15) is 24.0 Å². The van der Waals surface area contributed by atoms with Gasteiger partial charge in [-0.2, -0.15) is 4.98 Å². The van der Waals surface area contributed by atoms with E-state index in [1.807, 2.05) is 0 Å². The van der Waals surface area contributed by atoms with Crippen molar-refractivity contribution in [3.8, 4) is 5.88 Å². The van der Waals surface area contributed by atoms with Crippen molar-refractivity contribution in [1.29, 1.82) is 0 Å². The minimum absolute atomic E-state index is 0.223. The molecule has 188 valence electrons. The minimum Gasteiger partial charge on any atom is -0.463 e. The second-order valence-corrected chi connectivity index (χ2v) is 9.33. The number of ether oxygens (including phenoxy) is 6. The molecule has 0 amide bonds. The molecular formula is C20H25IN2O11. The van der Waals surface area contributed by atoms with Gasteiger partial charge < -0.3 is 28.4 Å². The van der Waals surface area contributed by atoms with Crippen LogP contribution in [0.15, 0.2) is 11.0 Å². The van der Waals surface area contributed by atoms with Crippen molar-refractivity contribution in [2.75, 3.05) is 6.61 Å². The Morgan fingerprint density at radius 3 is 2.18 bits per heavy atom. The zero-order valence-electron chi connectivity index (χ0n) is 19.4. The van der Waals surface area contributed by atoms with Crippen LogP contribution in [0.1, 0.15) is 47.8 Å². The maximum atomic E-state index is 12.8. The third kappa shape index (κ3) is 7.65. The van der Waals surface area contributed by atoms with E-state index in [1.165, 1.54) is 13.1 Å². The maximum Gasteiger partial charge on any atom is 0.515 e. The van der Waals surface area contributed by atoms with E-state index in [0.29, 0.717) is 0 Å². The molecule has 0 aromatic carbocycles. The number of carbonyl (C=O) groups is 4. The van der Waals surface area contributed by atoms with Crippen LogP contribution in [0.5, 0.6) is 5.88 Å². The highest BCUT2D eigenvalue weighted by Crippen LogP contribution is 2.34. The van der Waals surface area contributed by atoms with E-state index >= 15 is 0 Å². The molecule has 0 saturated carbocycles. The van der Waals surface area contributed by atoms with Crippen molar-refractivity contribution in [2.24, 2.45) is 0 Å². The van der Waals surface area contributed by atoms with Gasteiger partial charge in [-0.25, -0.2) is 9.59 Å². The molecule has 1 fully saturated rings. The summed E-state index contributed by atoms with van der Waals surface area (Å²) in [6, 6.07) is 0. The molecule has 1 aliphatic rings. The van der Waals surface area contributed by atoms with E-state index in [0.717, 1.165) is 18.4 Å². The Morgan fingerprint density at radius 1 is 1.06 bits per heavy atom. The van der Waals surface area contributed by atoms with Crippen molar-refractivity contribution in [3.05, 3.63) is 20.3 Å². The highest BCUT2D eigenvalue weighted by Gasteiger charge is 2.51. The predicted octanol–water partition coefficient (Wildman–Crippen LogP) is 1.49. The SMILES string of the molecule is CC(=O)OC[C@H]1O[C@@H](n2cc(I)c(OC(=O)OC(C)(C)C)nc2=O)C(OC(C)=O)C1OC(C)=O. The Labute approximate surface area is 208 Å². The largest absolute Gasteiger partial charge is 0.515 e. The van der Waals surface area contributed by atoms with E-state index in [2.05, 4.69) is 4.98 Å². The molecular weight excluding hydrogens is 571 g/mol. The molecule has 1 aliphatic heterocycles. The summed E-state index contributed by atoms with van der Waals surface area (Å²) in [6.45, 7) is 8.04. The molecule has 34 heavy (non-hydrogen) atoms. The molecule has 13 nitrogen and oxygen atoms in total. The normalized spacial score (nSPS) is 22.0. The molecule has 4 atom stereocenters. The van der Waals surface area contributed by atoms with Gasteiger partial charge in [0.25, 0.3) is 0 Å². The van der Waals surface area contributed by atoms with Crippen LogP contribution in [0.4, 0.5) is 4.79 Å². The van der Waals surface area contributed by atoms with Gasteiger partial charge in [-0.15, -0.1) is 0 Å². The molecule has 2 heterocycles. The predicted molar refractivity (Wildman–Crippen MR) is 120 cm³/mol. The highest BCUT2D eigenvalue weighted by atomic mass is 127. The van der Waals surface area contributed by atoms with Crippen molar-refractivity contribution < 1.29 is 47.6 Å². The monoisotopic (exact) mass is 596 g/mol. The number of esters is 3. The summed E-state index contributed by atoms with van der Waals surface area (Å²) in [7, 11) is 0. The fourth-order valence-corrected chi connectivity index (χ4v) is 3.48. The Morgan fingerprint density at radius 2 is 1.65 bits per heavy atom. The van der Waals surface area contributed by atoms with Gasteiger partial charge >= 0.3 is 29.8 Å². The van der Waals surface area contributed by atoms with Crippen LogP contribution in [-0.2, 0) is 38.1 Å². The van der Waals surface area contributed by atoms with E-state index in [-0.39, 0.29) is 16.1 Å². The molecule has 0 bridgehead atoms. The topological polar surface area (TPSA) is 159 Å². The van der Waals surface area contributed by atoms with Crippen LogP contribution < -0.4 is 10.4 Å². The Kier molecular flexibility index (Phi) is 8.99. The zero-order chi connectivity index (χ0) is 25.8. The zero-order valence-corrected chi connectivity index (χ0v) is 21.5. The van der Waals surface area contributed by atoms with Gasteiger partial charge in [0.2, 0.25) is 5.88 Å². The summed E-state index contributed by atoms with van der Waals surface area (Å²) in [5.41, 5.74) is -1.74. The third-order valence-electron chi connectivity index (χ3n) is 4.06. The van der Waals surface area contributed by atoms with E-state index < -0.39 is 59.9 Å². The second-order valence-electron chi connectivity index (χ2n) is 8.17. The Balaban J connectivity index is 2.41. The van der Waals surface area contributed by atoms with Gasteiger partial charge in [-0.3, -0.25) is 19.0 Å². The molecule has 1 aromatic heterocycles. The lowest BCUT2D eigenvalue weighted by Crippen LogP contribution is -2.42. The summed E-state index contributed by atoms with van der Waals surface area (Å²) >= 11 is 1.78. The van der Waals surface area contributed by atoms with Crippen molar-refractivity contribution in [2.45, 2.75) is 71.7 Å². The van der Waals surface area contributed by atoms with Crippen LogP contribution in [0.2, 0.25) is 0 Å². The number of hydrogen-bond acceptors (Lipinski definition) is 12. The summed E-state index contributed by atoms with van der Waals surface area (Å²) in [4.78, 5) is 63.1. The lowest BCUT2D eigenvalue weighted by Gasteiger charge is -2.24. The van der Waals surface area contributed by atoms with Crippen molar-refractivity contribution in [1.82, 2.24) is 9.55 Å². The number of carbonyl (C=O) groups excluding carboxylic acids is 4. The maximum absolute atomic E-state index is 12.8. The molecule has 0 spiro atoms. The average Bonchev–Trinajstić information content (AvgIpc) is 2.97. The van der Waals surface area contributed by atoms with E-state index in [1.54, 1.807) is 43.4 Å². The first kappa shape index (κ1) is 27.5. The summed E-state index contributed by atoms with van der Waals surface area (Å²) < 4.78 is 32.6. The van der Waals surface area contributed by atoms with Crippen LogP contribution in [0.3, 0.4) is 0 Å². The summed E-state index contributed by atoms with van der Waals surface area (Å²) in [5.74, 6) is -2.36. The first-order valence-corrected chi connectivity index (χ1v) is 11.1. The van der Waals surface area contributed by atoms with Crippen LogP contribution in [-0.4, -0.2) is 64.1 Å². The number of hydrogen-bond donors (Lipinski definition) is 0. The molecule has 0 N–H and O–H groups in total. The second kappa shape index (κ2) is 11.1. The minimum atomic E-state index is -1.29. The standard InChI is InChI=1S/C20H25IN2O11/c1-9(24)29-8-13-14(30-10(2)25)15(31-11(3)26)17(32-13)23-7-12(21)16(22-18(23)27)33-19(28)34-20(4,5)6/h7,13-15,17H,8H2,1-6H3/t13-,14?,15?,17-/m1/s1. The molecule has 2 rings (SSSR count). The van der Waals surface area contributed by atoms with Gasteiger partial charge in [0.05, 0.1) is 3.57 Å². The van der Waals surface area contributed by atoms with Gasteiger partial charge in [-0.1, -0.05) is 0 Å². The van der Waals surface area contributed by atoms with Gasteiger partial charge in [-0.05, 0) is 43.4 Å². The fourth-order valence-electron chi connectivity index (χ4n) is 2.95. The number of aromatic nitrogens is 2. The Bertz CT molecular complexity index is 1020. The molecule has 14 heteroatoms. The van der Waals surface area contributed by atoms with Crippen LogP contribution in [0, 0.1) is 3.57 Å². The highest BCUT2D eigenvalue weighted by molar-refractivity contribution is 14.1. The first-order chi connectivity index (χ1) is 15.7. The van der Waals surface area contributed by atoms with Gasteiger partial charge in [0.1, 0.15) is 18.3 Å². The first-order valence-electron chi connectivity index (χ1n) is 10.0. The molecule has 2 unspecified atom stereocenters. The van der Waals surface area contributed by atoms with Crippen molar-refractivity contribution in [3.63, 3.8) is 0 Å². The lowest BCUT2D eigenvalue weighted by molar-refractivity contribution is -0.166. The molecule has 0 aliphatic carbocycles. The quantitative estimate of drug-likeness (QED) is 0.265. The van der Waals surface area contributed by atoms with Crippen LogP contribution >= 0.6 is 22.6 Å². The van der Waals surface area contributed by atoms with E-state index in [4.69, 9.17) is 28.4 Å². The molecule has 1 aromatic rings. The average molecular weight is 596 g/mol. The molecule has 0 radical (unpaired) electrons. The number of rotatable bonds is 6. The van der Waals surface area contributed by atoms with Crippen molar-refractivity contribution >= 4 is 46.7 Å². The molecule has 1 saturated heterocycles. The van der Waals surface area contributed by atoms with Crippen LogP contribution in [0.25, 0.3) is 0 Å². The Hall–Kier alpha value is -2.75. The fraction of sp³-hybridized carbons (Fsp3) is 0.600.